The summed E-state index contributed by atoms with van der Waals surface area (Å²) in [5.74, 6) is -0.229. The summed E-state index contributed by atoms with van der Waals surface area (Å²) in [6, 6.07) is 3.80. The van der Waals surface area contributed by atoms with Gasteiger partial charge in [-0.1, -0.05) is 0 Å². The van der Waals surface area contributed by atoms with Crippen molar-refractivity contribution in [2.45, 2.75) is 18.9 Å². The first-order valence-electron chi connectivity index (χ1n) is 4.58. The maximum absolute atomic E-state index is 13.2. The van der Waals surface area contributed by atoms with Gasteiger partial charge in [-0.15, -0.1) is 0 Å². The van der Waals surface area contributed by atoms with E-state index >= 15 is 0 Å². The molecule has 4 heteroatoms. The van der Waals surface area contributed by atoms with Gasteiger partial charge < -0.3 is 0 Å². The first kappa shape index (κ1) is 8.41. The number of aromatic nitrogens is 2. The molecule has 0 bridgehead atoms. The van der Waals surface area contributed by atoms with Gasteiger partial charge in [0.25, 0.3) is 0 Å². The molecule has 1 saturated carbocycles. The molecule has 0 spiro atoms. The largest absolute Gasteiger partial charge is 0.262 e. The zero-order valence-corrected chi connectivity index (χ0v) is 8.96. The number of fused-ring (bicyclic) bond motifs is 1. The Kier molecular flexibility index (Phi) is 1.68. The molecule has 2 nitrogen and oxygen atoms in total. The lowest BCUT2D eigenvalue weighted by Gasteiger charge is -2.00. The lowest BCUT2D eigenvalue weighted by atomic mass is 10.2. The van der Waals surface area contributed by atoms with E-state index < -0.39 is 0 Å². The molecule has 1 heterocycles. The van der Waals surface area contributed by atoms with Crippen molar-refractivity contribution in [2.75, 3.05) is 0 Å². The molecule has 0 saturated heterocycles. The van der Waals surface area contributed by atoms with Gasteiger partial charge in [-0.25, -0.2) is 4.39 Å². The van der Waals surface area contributed by atoms with Crippen LogP contribution in [-0.4, -0.2) is 9.78 Å². The van der Waals surface area contributed by atoms with Crippen LogP contribution in [0.15, 0.2) is 22.8 Å². The highest BCUT2D eigenvalue weighted by Crippen LogP contribution is 2.38. The number of benzene rings is 1. The van der Waals surface area contributed by atoms with Gasteiger partial charge in [0.1, 0.15) is 5.82 Å². The maximum Gasteiger partial charge on any atom is 0.138 e. The standard InChI is InChI=1S/C10H8BrFN2/c11-10-7-5-13-14(6-1-2-6)9(7)4-3-8(10)12/h3-6H,1-2H2. The Labute approximate surface area is 88.8 Å². The summed E-state index contributed by atoms with van der Waals surface area (Å²) in [5.41, 5.74) is 1.01. The van der Waals surface area contributed by atoms with E-state index in [1.807, 2.05) is 4.68 Å². The molecule has 1 aliphatic carbocycles. The third kappa shape index (κ3) is 1.10. The zero-order chi connectivity index (χ0) is 9.71. The average Bonchev–Trinajstić information content (AvgIpc) is 2.93. The number of hydrogen-bond acceptors (Lipinski definition) is 1. The summed E-state index contributed by atoms with van der Waals surface area (Å²) in [4.78, 5) is 0. The Balaban J connectivity index is 2.31. The molecule has 0 atom stereocenters. The quantitative estimate of drug-likeness (QED) is 0.764. The summed E-state index contributed by atoms with van der Waals surface area (Å²) < 4.78 is 15.7. The molecule has 72 valence electrons. The second-order valence-electron chi connectivity index (χ2n) is 3.61. The van der Waals surface area contributed by atoms with E-state index in [9.17, 15) is 4.39 Å². The molecule has 14 heavy (non-hydrogen) atoms. The van der Waals surface area contributed by atoms with Crippen molar-refractivity contribution >= 4 is 26.8 Å². The van der Waals surface area contributed by atoms with E-state index in [4.69, 9.17) is 0 Å². The van der Waals surface area contributed by atoms with Crippen molar-refractivity contribution in [3.63, 3.8) is 0 Å². The molecule has 0 radical (unpaired) electrons. The van der Waals surface area contributed by atoms with Crippen LogP contribution in [0.1, 0.15) is 18.9 Å². The molecular weight excluding hydrogens is 247 g/mol. The first-order chi connectivity index (χ1) is 6.77. The molecule has 0 aliphatic heterocycles. The normalized spacial score (nSPS) is 16.4. The predicted molar refractivity (Wildman–Crippen MR) is 55.7 cm³/mol. The summed E-state index contributed by atoms with van der Waals surface area (Å²) in [6.45, 7) is 0. The van der Waals surface area contributed by atoms with Crippen LogP contribution in [0.25, 0.3) is 10.9 Å². The molecule has 0 unspecified atom stereocenters. The van der Waals surface area contributed by atoms with E-state index in [1.165, 1.54) is 18.9 Å². The summed E-state index contributed by atoms with van der Waals surface area (Å²) in [6.07, 6.45) is 4.10. The fraction of sp³-hybridized carbons (Fsp3) is 0.300. The number of hydrogen-bond donors (Lipinski definition) is 0. The van der Waals surface area contributed by atoms with Crippen molar-refractivity contribution in [3.8, 4) is 0 Å². The van der Waals surface area contributed by atoms with Crippen LogP contribution < -0.4 is 0 Å². The second kappa shape index (κ2) is 2.79. The average molecular weight is 255 g/mol. The minimum absolute atomic E-state index is 0.229. The van der Waals surface area contributed by atoms with E-state index in [0.29, 0.717) is 10.5 Å². The molecule has 1 aromatic heterocycles. The molecule has 1 aliphatic rings. The smallest absolute Gasteiger partial charge is 0.138 e. The van der Waals surface area contributed by atoms with E-state index in [1.54, 1.807) is 12.3 Å². The molecule has 2 aromatic rings. The second-order valence-corrected chi connectivity index (χ2v) is 4.41. The highest BCUT2D eigenvalue weighted by atomic mass is 79.9. The van der Waals surface area contributed by atoms with E-state index in [0.717, 1.165) is 10.9 Å². The molecule has 0 amide bonds. The number of nitrogens with zero attached hydrogens (tertiary/aromatic N) is 2. The zero-order valence-electron chi connectivity index (χ0n) is 7.37. The van der Waals surface area contributed by atoms with Gasteiger partial charge in [0.05, 0.1) is 22.2 Å². The highest BCUT2D eigenvalue weighted by molar-refractivity contribution is 9.10. The Morgan fingerprint density at radius 2 is 2.21 bits per heavy atom. The molecule has 1 fully saturated rings. The van der Waals surface area contributed by atoms with Gasteiger partial charge >= 0.3 is 0 Å². The van der Waals surface area contributed by atoms with Gasteiger partial charge in [-0.05, 0) is 40.9 Å². The topological polar surface area (TPSA) is 17.8 Å². The van der Waals surface area contributed by atoms with Gasteiger partial charge in [0.15, 0.2) is 0 Å². The van der Waals surface area contributed by atoms with Crippen molar-refractivity contribution in [3.05, 3.63) is 28.6 Å². The van der Waals surface area contributed by atoms with E-state index in [-0.39, 0.29) is 5.82 Å². The Hall–Kier alpha value is -0.900. The lowest BCUT2D eigenvalue weighted by Crippen LogP contribution is -1.94. The summed E-state index contributed by atoms with van der Waals surface area (Å²) in [5, 5.41) is 5.14. The Morgan fingerprint density at radius 1 is 1.43 bits per heavy atom. The molecule has 3 rings (SSSR count). The first-order valence-corrected chi connectivity index (χ1v) is 5.38. The fourth-order valence-corrected chi connectivity index (χ4v) is 2.11. The fourth-order valence-electron chi connectivity index (χ4n) is 1.67. The van der Waals surface area contributed by atoms with Crippen molar-refractivity contribution in [1.82, 2.24) is 9.78 Å². The van der Waals surface area contributed by atoms with Gasteiger partial charge in [0.2, 0.25) is 0 Å². The van der Waals surface area contributed by atoms with Crippen LogP contribution in [0, 0.1) is 5.82 Å². The van der Waals surface area contributed by atoms with Crippen molar-refractivity contribution in [2.24, 2.45) is 0 Å². The van der Waals surface area contributed by atoms with Crippen LogP contribution in [0.3, 0.4) is 0 Å². The van der Waals surface area contributed by atoms with Crippen LogP contribution >= 0.6 is 15.9 Å². The monoisotopic (exact) mass is 254 g/mol. The maximum atomic E-state index is 13.2. The van der Waals surface area contributed by atoms with Crippen LogP contribution in [-0.2, 0) is 0 Å². The van der Waals surface area contributed by atoms with Crippen LogP contribution in [0.2, 0.25) is 0 Å². The van der Waals surface area contributed by atoms with Crippen molar-refractivity contribution in [1.29, 1.82) is 0 Å². The molecule has 0 N–H and O–H groups in total. The Morgan fingerprint density at radius 3 is 2.93 bits per heavy atom. The summed E-state index contributed by atoms with van der Waals surface area (Å²) >= 11 is 3.24. The highest BCUT2D eigenvalue weighted by Gasteiger charge is 2.26. The molecular formula is C10H8BrFN2. The number of rotatable bonds is 1. The lowest BCUT2D eigenvalue weighted by molar-refractivity contribution is 0.622. The third-order valence-electron chi connectivity index (χ3n) is 2.56. The van der Waals surface area contributed by atoms with Crippen molar-refractivity contribution < 1.29 is 4.39 Å². The van der Waals surface area contributed by atoms with Crippen LogP contribution in [0.4, 0.5) is 4.39 Å². The van der Waals surface area contributed by atoms with Gasteiger partial charge in [-0.2, -0.15) is 5.10 Å². The van der Waals surface area contributed by atoms with Crippen LogP contribution in [0.5, 0.6) is 0 Å². The van der Waals surface area contributed by atoms with Gasteiger partial charge in [-0.3, -0.25) is 4.68 Å². The van der Waals surface area contributed by atoms with E-state index in [2.05, 4.69) is 21.0 Å². The Bertz CT molecular complexity index is 502. The van der Waals surface area contributed by atoms with Gasteiger partial charge in [0, 0.05) is 5.39 Å². The predicted octanol–water partition coefficient (Wildman–Crippen LogP) is 3.27. The SMILES string of the molecule is Fc1ccc2c(cnn2C2CC2)c1Br. The summed E-state index contributed by atoms with van der Waals surface area (Å²) in [7, 11) is 0. The minimum atomic E-state index is -0.229. The minimum Gasteiger partial charge on any atom is -0.262 e. The molecule has 1 aromatic carbocycles. The number of halogens is 2. The third-order valence-corrected chi connectivity index (χ3v) is 3.37.